The quantitative estimate of drug-likeness (QED) is 0.238. The molecule has 0 spiro atoms. The van der Waals surface area contributed by atoms with Gasteiger partial charge in [0.15, 0.2) is 0 Å². The number of para-hydroxylation sites is 1. The summed E-state index contributed by atoms with van der Waals surface area (Å²) in [6.07, 6.45) is 0. The molecule has 0 saturated carbocycles. The van der Waals surface area contributed by atoms with Gasteiger partial charge in [-0.15, -0.1) is 0 Å². The molecule has 0 aliphatic rings. The maximum atomic E-state index is 3.63. The van der Waals surface area contributed by atoms with E-state index in [4.69, 9.17) is 0 Å². The molecule has 1 heterocycles. The van der Waals surface area contributed by atoms with Crippen molar-refractivity contribution in [3.05, 3.63) is 102 Å². The Balaban J connectivity index is 1.71. The van der Waals surface area contributed by atoms with Crippen LogP contribution in [0.3, 0.4) is 0 Å². The van der Waals surface area contributed by atoms with Gasteiger partial charge in [0.25, 0.3) is 0 Å². The zero-order valence-corrected chi connectivity index (χ0v) is 16.6. The largest absolute Gasteiger partial charge is 0.309 e. The highest BCUT2D eigenvalue weighted by Gasteiger charge is 2.12. The standard InChI is InChI=1S/C26H16BrN/c27-19-11-14-26-24(16-19)23-7-3-4-8-25(23)28(26)20-12-13-22-18(15-20)10-9-17-5-1-2-6-21(17)22/h1-16H. The zero-order chi connectivity index (χ0) is 18.7. The molecule has 0 unspecified atom stereocenters. The highest BCUT2D eigenvalue weighted by atomic mass is 79.9. The van der Waals surface area contributed by atoms with E-state index in [1.165, 1.54) is 49.0 Å². The third-order valence-electron chi connectivity index (χ3n) is 5.62. The first-order valence-electron chi connectivity index (χ1n) is 9.40. The molecule has 6 aromatic rings. The molecular weight excluding hydrogens is 406 g/mol. The Kier molecular flexibility index (Phi) is 3.38. The van der Waals surface area contributed by atoms with E-state index in [0.29, 0.717) is 0 Å². The number of rotatable bonds is 1. The maximum absolute atomic E-state index is 3.63. The second-order valence-electron chi connectivity index (χ2n) is 7.21. The second kappa shape index (κ2) is 5.95. The van der Waals surface area contributed by atoms with Gasteiger partial charge in [-0.05, 0) is 57.9 Å². The van der Waals surface area contributed by atoms with E-state index in [1.54, 1.807) is 0 Å². The molecular formula is C26H16BrN. The van der Waals surface area contributed by atoms with Gasteiger partial charge >= 0.3 is 0 Å². The molecule has 28 heavy (non-hydrogen) atoms. The van der Waals surface area contributed by atoms with Crippen LogP contribution in [0, 0.1) is 0 Å². The van der Waals surface area contributed by atoms with Crippen LogP contribution in [0.1, 0.15) is 0 Å². The molecule has 1 nitrogen and oxygen atoms in total. The molecule has 132 valence electrons. The molecule has 5 aromatic carbocycles. The summed E-state index contributed by atoms with van der Waals surface area (Å²) in [5.41, 5.74) is 3.65. The molecule has 0 saturated heterocycles. The second-order valence-corrected chi connectivity index (χ2v) is 8.12. The van der Waals surface area contributed by atoms with E-state index in [2.05, 4.69) is 118 Å². The van der Waals surface area contributed by atoms with Crippen LogP contribution in [-0.2, 0) is 0 Å². The summed E-state index contributed by atoms with van der Waals surface area (Å²) < 4.78 is 3.47. The number of halogens is 1. The van der Waals surface area contributed by atoms with Crippen LogP contribution in [0.4, 0.5) is 0 Å². The molecule has 0 fully saturated rings. The van der Waals surface area contributed by atoms with E-state index in [9.17, 15) is 0 Å². The van der Waals surface area contributed by atoms with Gasteiger partial charge in [0.1, 0.15) is 0 Å². The Morgan fingerprint density at radius 3 is 2.14 bits per heavy atom. The molecule has 1 aromatic heterocycles. The van der Waals surface area contributed by atoms with Gasteiger partial charge in [-0.25, -0.2) is 0 Å². The van der Waals surface area contributed by atoms with Gasteiger partial charge in [-0.3, -0.25) is 0 Å². The zero-order valence-electron chi connectivity index (χ0n) is 15.1. The summed E-state index contributed by atoms with van der Waals surface area (Å²) in [6, 6.07) is 35.0. The first-order chi connectivity index (χ1) is 13.8. The van der Waals surface area contributed by atoms with E-state index < -0.39 is 0 Å². The van der Waals surface area contributed by atoms with Crippen LogP contribution in [0.2, 0.25) is 0 Å². The topological polar surface area (TPSA) is 4.93 Å². The minimum absolute atomic E-state index is 1.10. The third kappa shape index (κ3) is 2.25. The molecule has 0 N–H and O–H groups in total. The maximum Gasteiger partial charge on any atom is 0.0541 e. The van der Waals surface area contributed by atoms with Crippen molar-refractivity contribution in [2.45, 2.75) is 0 Å². The van der Waals surface area contributed by atoms with Crippen LogP contribution in [0.15, 0.2) is 102 Å². The minimum atomic E-state index is 1.10. The summed E-state index contributed by atoms with van der Waals surface area (Å²) in [5.74, 6) is 0. The van der Waals surface area contributed by atoms with Crippen molar-refractivity contribution in [1.82, 2.24) is 4.57 Å². The lowest BCUT2D eigenvalue weighted by atomic mass is 10.0. The first-order valence-corrected chi connectivity index (χ1v) is 10.2. The molecule has 0 atom stereocenters. The number of benzene rings is 5. The van der Waals surface area contributed by atoms with Crippen LogP contribution in [0.5, 0.6) is 0 Å². The lowest BCUT2D eigenvalue weighted by Crippen LogP contribution is -1.93. The van der Waals surface area contributed by atoms with Crippen molar-refractivity contribution in [3.8, 4) is 5.69 Å². The fourth-order valence-electron chi connectivity index (χ4n) is 4.36. The third-order valence-corrected chi connectivity index (χ3v) is 6.11. The summed E-state index contributed by atoms with van der Waals surface area (Å²) >= 11 is 3.63. The fraction of sp³-hybridized carbons (Fsp3) is 0. The molecule has 2 heteroatoms. The smallest absolute Gasteiger partial charge is 0.0541 e. The van der Waals surface area contributed by atoms with Gasteiger partial charge in [0, 0.05) is 20.9 Å². The van der Waals surface area contributed by atoms with Crippen molar-refractivity contribution in [2.24, 2.45) is 0 Å². The van der Waals surface area contributed by atoms with Gasteiger partial charge in [0.05, 0.1) is 11.0 Å². The van der Waals surface area contributed by atoms with Gasteiger partial charge < -0.3 is 4.57 Å². The highest BCUT2D eigenvalue weighted by Crippen LogP contribution is 2.35. The summed E-state index contributed by atoms with van der Waals surface area (Å²) in [5, 5.41) is 7.69. The van der Waals surface area contributed by atoms with Crippen molar-refractivity contribution in [1.29, 1.82) is 0 Å². The van der Waals surface area contributed by atoms with E-state index in [1.807, 2.05) is 0 Å². The van der Waals surface area contributed by atoms with Crippen molar-refractivity contribution in [3.63, 3.8) is 0 Å². The van der Waals surface area contributed by atoms with E-state index in [0.717, 1.165) is 4.47 Å². The number of nitrogens with zero attached hydrogens (tertiary/aromatic N) is 1. The van der Waals surface area contributed by atoms with Crippen LogP contribution >= 0.6 is 15.9 Å². The molecule has 0 aliphatic heterocycles. The van der Waals surface area contributed by atoms with E-state index in [-0.39, 0.29) is 0 Å². The lowest BCUT2D eigenvalue weighted by Gasteiger charge is -2.10. The fourth-order valence-corrected chi connectivity index (χ4v) is 4.72. The summed E-state index contributed by atoms with van der Waals surface area (Å²) in [6.45, 7) is 0. The van der Waals surface area contributed by atoms with Crippen LogP contribution in [-0.4, -0.2) is 4.57 Å². The van der Waals surface area contributed by atoms with E-state index >= 15 is 0 Å². The monoisotopic (exact) mass is 421 g/mol. The summed E-state index contributed by atoms with van der Waals surface area (Å²) in [7, 11) is 0. The Morgan fingerprint density at radius 1 is 0.500 bits per heavy atom. The van der Waals surface area contributed by atoms with Crippen LogP contribution in [0.25, 0.3) is 49.0 Å². The predicted molar refractivity (Wildman–Crippen MR) is 123 cm³/mol. The molecule has 6 rings (SSSR count). The van der Waals surface area contributed by atoms with Crippen molar-refractivity contribution < 1.29 is 0 Å². The molecule has 0 radical (unpaired) electrons. The lowest BCUT2D eigenvalue weighted by molar-refractivity contribution is 1.19. The predicted octanol–water partition coefficient (Wildman–Crippen LogP) is 7.85. The molecule has 0 bridgehead atoms. The number of hydrogen-bond donors (Lipinski definition) is 0. The van der Waals surface area contributed by atoms with Gasteiger partial charge in [-0.2, -0.15) is 0 Å². The highest BCUT2D eigenvalue weighted by molar-refractivity contribution is 9.10. The Labute approximate surface area is 171 Å². The average Bonchev–Trinajstić information content (AvgIpc) is 3.07. The molecule has 0 aliphatic carbocycles. The average molecular weight is 422 g/mol. The van der Waals surface area contributed by atoms with Gasteiger partial charge in [0.2, 0.25) is 0 Å². The normalized spacial score (nSPS) is 11.8. The number of aromatic nitrogens is 1. The summed E-state index contributed by atoms with van der Waals surface area (Å²) in [4.78, 5) is 0. The number of hydrogen-bond acceptors (Lipinski definition) is 0. The first kappa shape index (κ1) is 15.9. The number of fused-ring (bicyclic) bond motifs is 6. The van der Waals surface area contributed by atoms with Crippen molar-refractivity contribution >= 4 is 59.3 Å². The van der Waals surface area contributed by atoms with Crippen molar-refractivity contribution in [2.75, 3.05) is 0 Å². The minimum Gasteiger partial charge on any atom is -0.309 e. The Morgan fingerprint density at radius 2 is 1.21 bits per heavy atom. The molecule has 0 amide bonds. The van der Waals surface area contributed by atoms with Gasteiger partial charge in [-0.1, -0.05) is 76.6 Å². The van der Waals surface area contributed by atoms with Crippen LogP contribution < -0.4 is 0 Å². The Bertz CT molecular complexity index is 1520. The Hall–Kier alpha value is -3.10. The SMILES string of the molecule is Brc1ccc2c(c1)c1ccccc1n2-c1ccc2c(ccc3ccccc32)c1.